The fourth-order valence-corrected chi connectivity index (χ4v) is 1.91. The van der Waals surface area contributed by atoms with Gasteiger partial charge in [0.05, 0.1) is 12.1 Å². The van der Waals surface area contributed by atoms with Crippen molar-refractivity contribution in [3.63, 3.8) is 0 Å². The molecule has 0 atom stereocenters. The van der Waals surface area contributed by atoms with E-state index in [1.165, 1.54) is 5.56 Å². The minimum Gasteiger partial charge on any atom is -0.444 e. The van der Waals surface area contributed by atoms with Crippen molar-refractivity contribution in [1.82, 2.24) is 5.32 Å². The maximum absolute atomic E-state index is 11.8. The predicted molar refractivity (Wildman–Crippen MR) is 99.4 cm³/mol. The number of carbonyl (C=O) groups is 1. The number of amides is 1. The summed E-state index contributed by atoms with van der Waals surface area (Å²) in [4.78, 5) is 16.1. The first-order valence-electron chi connectivity index (χ1n) is 8.18. The molecule has 1 aromatic rings. The summed E-state index contributed by atoms with van der Waals surface area (Å²) >= 11 is 0. The lowest BCUT2D eigenvalue weighted by Crippen LogP contribution is -2.48. The maximum Gasteiger partial charge on any atom is 0.408 e. The smallest absolute Gasteiger partial charge is 0.408 e. The van der Waals surface area contributed by atoms with E-state index in [4.69, 9.17) is 10.5 Å². The van der Waals surface area contributed by atoms with Gasteiger partial charge in [-0.15, -0.1) is 0 Å². The van der Waals surface area contributed by atoms with Crippen LogP contribution in [0.4, 0.5) is 10.5 Å². The van der Waals surface area contributed by atoms with Gasteiger partial charge >= 0.3 is 6.09 Å². The van der Waals surface area contributed by atoms with E-state index in [0.717, 1.165) is 12.1 Å². The zero-order valence-electron chi connectivity index (χ0n) is 15.6. The van der Waals surface area contributed by atoms with Crippen LogP contribution in [-0.4, -0.2) is 29.7 Å². The van der Waals surface area contributed by atoms with E-state index in [2.05, 4.69) is 22.5 Å². The van der Waals surface area contributed by atoms with Crippen LogP contribution in [0, 0.1) is 0 Å². The number of ether oxygens (including phenoxy) is 1. The molecule has 0 aliphatic heterocycles. The molecule has 0 saturated carbocycles. The van der Waals surface area contributed by atoms with Crippen LogP contribution in [0.5, 0.6) is 0 Å². The van der Waals surface area contributed by atoms with Crippen LogP contribution in [0.3, 0.4) is 0 Å². The topological polar surface area (TPSA) is 88.7 Å². The van der Waals surface area contributed by atoms with Crippen LogP contribution in [0.25, 0.3) is 0 Å². The van der Waals surface area contributed by atoms with Crippen LogP contribution in [0.15, 0.2) is 29.3 Å². The van der Waals surface area contributed by atoms with E-state index in [1.54, 1.807) is 0 Å². The molecule has 0 heterocycles. The van der Waals surface area contributed by atoms with E-state index >= 15 is 0 Å². The Bertz CT molecular complexity index is 572. The van der Waals surface area contributed by atoms with E-state index in [-0.39, 0.29) is 0 Å². The minimum absolute atomic E-state index is 0.304. The molecule has 0 radical (unpaired) electrons. The summed E-state index contributed by atoms with van der Waals surface area (Å²) in [6, 6.07) is 8.02. The summed E-state index contributed by atoms with van der Waals surface area (Å²) < 4.78 is 5.25. The lowest BCUT2D eigenvalue weighted by molar-refractivity contribution is 0.0476. The molecule has 0 spiro atoms. The zero-order valence-corrected chi connectivity index (χ0v) is 15.6. The molecule has 0 unspecified atom stereocenters. The van der Waals surface area contributed by atoms with Crippen molar-refractivity contribution in [3.8, 4) is 0 Å². The Balaban J connectivity index is 2.56. The van der Waals surface area contributed by atoms with Gasteiger partial charge in [-0.1, -0.05) is 19.1 Å². The Hall–Kier alpha value is -2.24. The fourth-order valence-electron chi connectivity index (χ4n) is 1.91. The van der Waals surface area contributed by atoms with Crippen molar-refractivity contribution < 1.29 is 9.53 Å². The third-order valence-electron chi connectivity index (χ3n) is 3.12. The van der Waals surface area contributed by atoms with Crippen molar-refractivity contribution in [2.24, 2.45) is 10.7 Å². The standard InChI is InChI=1S/C18H30N4O2/c1-7-13-8-10-14(11-9-13)21-15(19)20-12-18(5,6)22-16(23)24-17(2,3)4/h8-11H,7,12H2,1-6H3,(H,22,23)(H3,19,20,21). The summed E-state index contributed by atoms with van der Waals surface area (Å²) in [5, 5.41) is 5.84. The van der Waals surface area contributed by atoms with Gasteiger partial charge in [0.2, 0.25) is 0 Å². The fraction of sp³-hybridized carbons (Fsp3) is 0.556. The van der Waals surface area contributed by atoms with Gasteiger partial charge in [0.15, 0.2) is 5.96 Å². The highest BCUT2D eigenvalue weighted by molar-refractivity contribution is 5.92. The number of hydrogen-bond acceptors (Lipinski definition) is 3. The van der Waals surface area contributed by atoms with Crippen LogP contribution in [-0.2, 0) is 11.2 Å². The molecule has 0 aliphatic carbocycles. The predicted octanol–water partition coefficient (Wildman–Crippen LogP) is 3.28. The minimum atomic E-state index is -0.569. The van der Waals surface area contributed by atoms with Crippen LogP contribution >= 0.6 is 0 Å². The summed E-state index contributed by atoms with van der Waals surface area (Å²) in [6.07, 6.45) is 0.526. The average Bonchev–Trinajstić information content (AvgIpc) is 2.43. The number of alkyl carbamates (subject to hydrolysis) is 1. The summed E-state index contributed by atoms with van der Waals surface area (Å²) in [5.74, 6) is 0.304. The lowest BCUT2D eigenvalue weighted by Gasteiger charge is -2.27. The molecule has 134 valence electrons. The van der Waals surface area contributed by atoms with Crippen molar-refractivity contribution >= 4 is 17.7 Å². The van der Waals surface area contributed by atoms with Gasteiger partial charge in [-0.2, -0.15) is 0 Å². The quantitative estimate of drug-likeness (QED) is 0.569. The number of benzene rings is 1. The molecule has 0 fully saturated rings. The number of aryl methyl sites for hydroxylation is 1. The number of hydrogen-bond donors (Lipinski definition) is 3. The SMILES string of the molecule is CCc1ccc(NC(N)=NCC(C)(C)NC(=O)OC(C)(C)C)cc1. The number of rotatable bonds is 5. The Morgan fingerprint density at radius 2 is 1.75 bits per heavy atom. The molecule has 1 rings (SSSR count). The largest absolute Gasteiger partial charge is 0.444 e. The third-order valence-corrected chi connectivity index (χ3v) is 3.12. The lowest BCUT2D eigenvalue weighted by atomic mass is 10.1. The summed E-state index contributed by atoms with van der Waals surface area (Å²) in [5.41, 5.74) is 6.95. The molecular formula is C18H30N4O2. The first kappa shape index (κ1) is 19.8. The number of carbonyl (C=O) groups excluding carboxylic acids is 1. The highest BCUT2D eigenvalue weighted by Crippen LogP contribution is 2.11. The monoisotopic (exact) mass is 334 g/mol. The number of anilines is 1. The van der Waals surface area contributed by atoms with Gasteiger partial charge < -0.3 is 21.1 Å². The van der Waals surface area contributed by atoms with Crippen molar-refractivity contribution in [1.29, 1.82) is 0 Å². The Morgan fingerprint density at radius 1 is 1.17 bits per heavy atom. The Kier molecular flexibility index (Phi) is 6.63. The second-order valence-corrected chi connectivity index (χ2v) is 7.39. The van der Waals surface area contributed by atoms with Gasteiger partial charge in [0, 0.05) is 5.69 Å². The highest BCUT2D eigenvalue weighted by Gasteiger charge is 2.24. The molecular weight excluding hydrogens is 304 g/mol. The summed E-state index contributed by atoms with van der Waals surface area (Å²) in [6.45, 7) is 11.6. The number of nitrogens with two attached hydrogens (primary N) is 1. The number of nitrogens with zero attached hydrogens (tertiary/aromatic N) is 1. The van der Waals surface area contributed by atoms with Gasteiger partial charge in [-0.25, -0.2) is 4.79 Å². The second kappa shape index (κ2) is 8.04. The van der Waals surface area contributed by atoms with Gasteiger partial charge in [0.25, 0.3) is 0 Å². The molecule has 6 nitrogen and oxygen atoms in total. The van der Waals surface area contributed by atoms with Crippen molar-refractivity contribution in [2.75, 3.05) is 11.9 Å². The van der Waals surface area contributed by atoms with Crippen LogP contribution in [0.2, 0.25) is 0 Å². The Morgan fingerprint density at radius 3 is 2.25 bits per heavy atom. The number of aliphatic imine (C=N–C) groups is 1. The normalized spacial score (nSPS) is 12.7. The van der Waals surface area contributed by atoms with Crippen molar-refractivity contribution in [3.05, 3.63) is 29.8 Å². The molecule has 0 bridgehead atoms. The van der Waals surface area contributed by atoms with E-state index < -0.39 is 17.2 Å². The summed E-state index contributed by atoms with van der Waals surface area (Å²) in [7, 11) is 0. The number of nitrogens with one attached hydrogen (secondary N) is 2. The van der Waals surface area contributed by atoms with Gasteiger partial charge in [-0.05, 0) is 58.7 Å². The molecule has 1 aromatic carbocycles. The molecule has 0 saturated heterocycles. The molecule has 24 heavy (non-hydrogen) atoms. The Labute approximate surface area is 144 Å². The highest BCUT2D eigenvalue weighted by atomic mass is 16.6. The van der Waals surface area contributed by atoms with Crippen LogP contribution < -0.4 is 16.4 Å². The maximum atomic E-state index is 11.8. The van der Waals surface area contributed by atoms with Gasteiger partial charge in [0.1, 0.15) is 5.60 Å². The first-order chi connectivity index (χ1) is 11.0. The second-order valence-electron chi connectivity index (χ2n) is 7.39. The first-order valence-corrected chi connectivity index (χ1v) is 8.18. The van der Waals surface area contributed by atoms with E-state index in [9.17, 15) is 4.79 Å². The molecule has 1 amide bonds. The van der Waals surface area contributed by atoms with E-state index in [0.29, 0.717) is 12.5 Å². The van der Waals surface area contributed by atoms with Crippen molar-refractivity contribution in [2.45, 2.75) is 59.1 Å². The molecule has 6 heteroatoms. The molecule has 4 N–H and O–H groups in total. The third kappa shape index (κ3) is 7.85. The van der Waals surface area contributed by atoms with E-state index in [1.807, 2.05) is 58.9 Å². The molecule has 0 aromatic heterocycles. The molecule has 0 aliphatic rings. The average molecular weight is 334 g/mol. The zero-order chi connectivity index (χ0) is 18.4. The van der Waals surface area contributed by atoms with Gasteiger partial charge in [-0.3, -0.25) is 4.99 Å². The van der Waals surface area contributed by atoms with Crippen LogP contribution in [0.1, 0.15) is 47.1 Å². The number of guanidine groups is 1.